The molecule has 1 amide bonds. The van der Waals surface area contributed by atoms with E-state index in [-0.39, 0.29) is 0 Å². The Morgan fingerprint density at radius 1 is 0.860 bits per heavy atom. The molecule has 0 bridgehead atoms. The molecule has 0 spiro atoms. The quantitative estimate of drug-likeness (QED) is 0.146. The van der Waals surface area contributed by atoms with Crippen LogP contribution in [0, 0.1) is 6.92 Å². The van der Waals surface area contributed by atoms with Crippen LogP contribution >= 0.6 is 0 Å². The van der Waals surface area contributed by atoms with E-state index in [1.165, 1.54) is 13.2 Å². The van der Waals surface area contributed by atoms with Gasteiger partial charge in [0.15, 0.2) is 0 Å². The van der Waals surface area contributed by atoms with Gasteiger partial charge in [-0.15, -0.1) is 0 Å². The van der Waals surface area contributed by atoms with Crippen LogP contribution in [0.4, 0.5) is 5.69 Å². The lowest BCUT2D eigenvalue weighted by atomic mass is 10.1. The Balaban J connectivity index is 1.42. The molecule has 1 aromatic heterocycles. The molecule has 0 fully saturated rings. The van der Waals surface area contributed by atoms with E-state index >= 15 is 0 Å². The number of benzene rings is 4. The average Bonchev–Trinajstić information content (AvgIpc) is 3.48. The molecule has 4 aromatic carbocycles. The van der Waals surface area contributed by atoms with Crippen molar-refractivity contribution in [2.24, 2.45) is 0 Å². The van der Waals surface area contributed by atoms with Gasteiger partial charge in [-0.05, 0) is 67.1 Å². The standard InChI is InChI=1S/C35H31N3O5/c1-24-14-20-31(42-3)30(22-24)36-35(40)34(26-10-6-4-7-11-26)43-32(39)21-17-27-23-38(28-12-8-5-9-13-28)37-33(27)25-15-18-29(41-2)19-16-25/h4-23,34H,1-3H3,(H,36,40)/b21-17+. The summed E-state index contributed by atoms with van der Waals surface area (Å²) in [5.74, 6) is 0.0277. The topological polar surface area (TPSA) is 91.7 Å². The molecule has 0 aliphatic heterocycles. The van der Waals surface area contributed by atoms with Crippen molar-refractivity contribution in [2.45, 2.75) is 13.0 Å². The minimum absolute atomic E-state index is 0.484. The third kappa shape index (κ3) is 7.00. The number of methoxy groups -OCH3 is 2. The van der Waals surface area contributed by atoms with Gasteiger partial charge < -0.3 is 19.5 Å². The zero-order valence-corrected chi connectivity index (χ0v) is 24.1. The average molecular weight is 574 g/mol. The predicted octanol–water partition coefficient (Wildman–Crippen LogP) is 6.80. The van der Waals surface area contributed by atoms with Crippen molar-refractivity contribution in [1.82, 2.24) is 9.78 Å². The fraction of sp³-hybridized carbons (Fsp3) is 0.114. The van der Waals surface area contributed by atoms with Gasteiger partial charge in [0, 0.05) is 29.0 Å². The maximum atomic E-state index is 13.5. The zero-order chi connectivity index (χ0) is 30.2. The highest BCUT2D eigenvalue weighted by molar-refractivity contribution is 5.98. The maximum absolute atomic E-state index is 13.5. The van der Waals surface area contributed by atoms with Crippen molar-refractivity contribution in [3.8, 4) is 28.4 Å². The van der Waals surface area contributed by atoms with Crippen molar-refractivity contribution in [1.29, 1.82) is 0 Å². The first kappa shape index (κ1) is 28.9. The lowest BCUT2D eigenvalue weighted by Crippen LogP contribution is -2.25. The van der Waals surface area contributed by atoms with Crippen LogP contribution < -0.4 is 14.8 Å². The molecule has 0 saturated carbocycles. The normalized spacial score (nSPS) is 11.6. The summed E-state index contributed by atoms with van der Waals surface area (Å²) in [6.07, 6.45) is 3.58. The number of nitrogens with zero attached hydrogens (tertiary/aromatic N) is 2. The van der Waals surface area contributed by atoms with E-state index in [1.807, 2.05) is 79.9 Å². The molecule has 5 rings (SSSR count). The van der Waals surface area contributed by atoms with Crippen molar-refractivity contribution >= 4 is 23.6 Å². The van der Waals surface area contributed by atoms with Crippen LogP contribution in [0.15, 0.2) is 115 Å². The number of para-hydroxylation sites is 1. The molecule has 43 heavy (non-hydrogen) atoms. The molecule has 0 aliphatic carbocycles. The number of hydrogen-bond donors (Lipinski definition) is 1. The number of esters is 1. The highest BCUT2D eigenvalue weighted by atomic mass is 16.5. The van der Waals surface area contributed by atoms with Gasteiger partial charge in [0.1, 0.15) is 11.5 Å². The lowest BCUT2D eigenvalue weighted by Gasteiger charge is -2.18. The maximum Gasteiger partial charge on any atom is 0.331 e. The summed E-state index contributed by atoms with van der Waals surface area (Å²) < 4.78 is 18.2. The van der Waals surface area contributed by atoms with Crippen LogP contribution in [0.2, 0.25) is 0 Å². The van der Waals surface area contributed by atoms with Gasteiger partial charge in [0.05, 0.1) is 31.3 Å². The number of aromatic nitrogens is 2. The van der Waals surface area contributed by atoms with Crippen molar-refractivity contribution in [3.05, 3.63) is 132 Å². The highest BCUT2D eigenvalue weighted by Crippen LogP contribution is 2.29. The number of nitrogens with one attached hydrogen (secondary N) is 1. The van der Waals surface area contributed by atoms with Crippen LogP contribution in [-0.2, 0) is 14.3 Å². The Labute approximate surface area is 250 Å². The number of carbonyl (C=O) groups excluding carboxylic acids is 2. The second-order valence-corrected chi connectivity index (χ2v) is 9.70. The fourth-order valence-corrected chi connectivity index (χ4v) is 4.53. The molecule has 8 nitrogen and oxygen atoms in total. The molecule has 1 heterocycles. The van der Waals surface area contributed by atoms with E-state index in [9.17, 15) is 9.59 Å². The third-order valence-corrected chi connectivity index (χ3v) is 6.71. The van der Waals surface area contributed by atoms with Gasteiger partial charge in [0.25, 0.3) is 5.91 Å². The molecular formula is C35H31N3O5. The summed E-state index contributed by atoms with van der Waals surface area (Å²) in [5, 5.41) is 7.64. The molecule has 0 aliphatic rings. The zero-order valence-electron chi connectivity index (χ0n) is 24.1. The molecule has 1 atom stereocenters. The first-order valence-electron chi connectivity index (χ1n) is 13.6. The Morgan fingerprint density at radius 2 is 1.56 bits per heavy atom. The molecular weight excluding hydrogens is 542 g/mol. The van der Waals surface area contributed by atoms with E-state index in [0.717, 1.165) is 22.6 Å². The second kappa shape index (κ2) is 13.4. The smallest absolute Gasteiger partial charge is 0.331 e. The summed E-state index contributed by atoms with van der Waals surface area (Å²) in [4.78, 5) is 26.6. The largest absolute Gasteiger partial charge is 0.497 e. The molecule has 216 valence electrons. The predicted molar refractivity (Wildman–Crippen MR) is 166 cm³/mol. The Morgan fingerprint density at radius 3 is 2.23 bits per heavy atom. The van der Waals surface area contributed by atoms with Gasteiger partial charge in [-0.25, -0.2) is 9.48 Å². The van der Waals surface area contributed by atoms with Crippen LogP contribution in [0.3, 0.4) is 0 Å². The molecule has 5 aromatic rings. The number of anilines is 1. The van der Waals surface area contributed by atoms with Crippen LogP contribution in [0.1, 0.15) is 22.8 Å². The number of aryl methyl sites for hydroxylation is 1. The Hall–Kier alpha value is -5.63. The minimum Gasteiger partial charge on any atom is -0.497 e. The summed E-state index contributed by atoms with van der Waals surface area (Å²) >= 11 is 0. The number of rotatable bonds is 10. The summed E-state index contributed by atoms with van der Waals surface area (Å²) in [6, 6.07) is 31.5. The van der Waals surface area contributed by atoms with E-state index < -0.39 is 18.0 Å². The molecule has 8 heteroatoms. The Kier molecular flexibility index (Phi) is 8.97. The van der Waals surface area contributed by atoms with Gasteiger partial charge in [-0.3, -0.25) is 4.79 Å². The molecule has 1 unspecified atom stereocenters. The molecule has 1 N–H and O–H groups in total. The molecule has 0 saturated heterocycles. The van der Waals surface area contributed by atoms with E-state index in [0.29, 0.717) is 28.3 Å². The SMILES string of the molecule is COc1ccc(-c2nn(-c3ccccc3)cc2/C=C/C(=O)OC(C(=O)Nc2cc(C)ccc2OC)c2ccccc2)cc1. The van der Waals surface area contributed by atoms with Gasteiger partial charge >= 0.3 is 5.97 Å². The minimum atomic E-state index is -1.20. The van der Waals surface area contributed by atoms with Gasteiger partial charge in [0.2, 0.25) is 6.10 Å². The number of hydrogen-bond acceptors (Lipinski definition) is 6. The van der Waals surface area contributed by atoms with Crippen LogP contribution in [0.5, 0.6) is 11.5 Å². The second-order valence-electron chi connectivity index (χ2n) is 9.70. The van der Waals surface area contributed by atoms with Crippen LogP contribution in [-0.4, -0.2) is 35.9 Å². The Bertz CT molecular complexity index is 1730. The molecule has 0 radical (unpaired) electrons. The van der Waals surface area contributed by atoms with E-state index in [2.05, 4.69) is 5.32 Å². The number of amides is 1. The lowest BCUT2D eigenvalue weighted by molar-refractivity contribution is -0.149. The number of carbonyl (C=O) groups is 2. The van der Waals surface area contributed by atoms with E-state index in [1.54, 1.807) is 54.3 Å². The fourth-order valence-electron chi connectivity index (χ4n) is 4.53. The first-order valence-corrected chi connectivity index (χ1v) is 13.6. The van der Waals surface area contributed by atoms with Crippen molar-refractivity contribution in [2.75, 3.05) is 19.5 Å². The summed E-state index contributed by atoms with van der Waals surface area (Å²) in [5.41, 5.74) is 5.03. The van der Waals surface area contributed by atoms with Crippen molar-refractivity contribution in [3.63, 3.8) is 0 Å². The van der Waals surface area contributed by atoms with Gasteiger partial charge in [-0.2, -0.15) is 5.10 Å². The summed E-state index contributed by atoms with van der Waals surface area (Å²) in [6.45, 7) is 1.91. The third-order valence-electron chi connectivity index (χ3n) is 6.71. The monoisotopic (exact) mass is 573 g/mol. The van der Waals surface area contributed by atoms with E-state index in [4.69, 9.17) is 19.3 Å². The van der Waals surface area contributed by atoms with Crippen LogP contribution in [0.25, 0.3) is 23.0 Å². The number of ether oxygens (including phenoxy) is 3. The van der Waals surface area contributed by atoms with Gasteiger partial charge in [-0.1, -0.05) is 54.6 Å². The van der Waals surface area contributed by atoms with Crippen molar-refractivity contribution < 1.29 is 23.8 Å². The summed E-state index contributed by atoms with van der Waals surface area (Å²) in [7, 11) is 3.14. The first-order chi connectivity index (χ1) is 20.9. The highest BCUT2D eigenvalue weighted by Gasteiger charge is 2.25.